The van der Waals surface area contributed by atoms with Gasteiger partial charge in [0.25, 0.3) is 0 Å². The second-order valence-electron chi connectivity index (χ2n) is 7.84. The zero-order valence-electron chi connectivity index (χ0n) is 18.7. The van der Waals surface area contributed by atoms with E-state index in [-0.39, 0.29) is 24.3 Å². The van der Waals surface area contributed by atoms with Gasteiger partial charge in [0, 0.05) is 40.0 Å². The van der Waals surface area contributed by atoms with E-state index in [4.69, 9.17) is 18.9 Å². The molecule has 0 aliphatic carbocycles. The molecule has 2 aliphatic heterocycles. The number of ether oxygens (including phenoxy) is 4. The van der Waals surface area contributed by atoms with Gasteiger partial charge in [-0.3, -0.25) is 4.90 Å². The van der Waals surface area contributed by atoms with Gasteiger partial charge < -0.3 is 23.8 Å². The van der Waals surface area contributed by atoms with Gasteiger partial charge in [-0.2, -0.15) is 0 Å². The Morgan fingerprint density at radius 1 is 1.00 bits per heavy atom. The molecule has 0 spiro atoms. The number of urea groups is 1. The number of hydrogen-bond donors (Lipinski definition) is 0. The van der Waals surface area contributed by atoms with Gasteiger partial charge in [-0.1, -0.05) is 40.0 Å². The highest BCUT2D eigenvalue weighted by Gasteiger charge is 2.43. The predicted molar refractivity (Wildman–Crippen MR) is 113 cm³/mol. The van der Waals surface area contributed by atoms with Crippen molar-refractivity contribution in [2.45, 2.75) is 77.6 Å². The Hall–Kier alpha value is -1.31. The lowest BCUT2D eigenvalue weighted by Crippen LogP contribution is -2.52. The molecule has 0 aromatic rings. The Labute approximate surface area is 176 Å². The molecule has 0 radical (unpaired) electrons. The minimum Gasteiger partial charge on any atom is -0.491 e. The van der Waals surface area contributed by atoms with Crippen molar-refractivity contribution in [1.82, 2.24) is 9.80 Å². The molecule has 2 heterocycles. The van der Waals surface area contributed by atoms with Gasteiger partial charge in [0.05, 0.1) is 12.3 Å². The number of hydrogen-bond acceptors (Lipinski definition) is 5. The summed E-state index contributed by atoms with van der Waals surface area (Å²) in [5, 5.41) is 0. The Morgan fingerprint density at radius 3 is 2.28 bits per heavy atom. The highest BCUT2D eigenvalue weighted by molar-refractivity contribution is 5.78. The van der Waals surface area contributed by atoms with E-state index >= 15 is 0 Å². The summed E-state index contributed by atoms with van der Waals surface area (Å²) in [6, 6.07) is -0.0195. The Bertz CT molecular complexity index is 513. The van der Waals surface area contributed by atoms with Crippen LogP contribution in [0.1, 0.15) is 59.3 Å². The summed E-state index contributed by atoms with van der Waals surface area (Å²) in [6.07, 6.45) is 7.02. The third kappa shape index (κ3) is 6.86. The van der Waals surface area contributed by atoms with Crippen molar-refractivity contribution in [2.75, 3.05) is 46.6 Å². The van der Waals surface area contributed by atoms with Gasteiger partial charge in [0.1, 0.15) is 18.5 Å². The first-order chi connectivity index (χ1) is 14.1. The van der Waals surface area contributed by atoms with Crippen LogP contribution in [0.5, 0.6) is 0 Å². The normalized spacial score (nSPS) is 24.8. The number of rotatable bonds is 14. The summed E-state index contributed by atoms with van der Waals surface area (Å²) in [5.41, 5.74) is 0.766. The van der Waals surface area contributed by atoms with E-state index in [9.17, 15) is 4.79 Å². The first-order valence-corrected chi connectivity index (χ1v) is 11.3. The number of carbonyl (C=O) groups is 1. The van der Waals surface area contributed by atoms with Crippen LogP contribution in [0.2, 0.25) is 0 Å². The molecule has 0 aromatic heterocycles. The second kappa shape index (κ2) is 13.1. The Balaban J connectivity index is 2.17. The minimum absolute atomic E-state index is 0.0195. The van der Waals surface area contributed by atoms with Crippen LogP contribution in [0.25, 0.3) is 0 Å². The fourth-order valence-corrected chi connectivity index (χ4v) is 3.44. The molecular formula is C22H40N2O5. The number of nitrogens with zero attached hydrogens (tertiary/aromatic N) is 2. The van der Waals surface area contributed by atoms with E-state index in [1.807, 2.05) is 7.05 Å². The zero-order chi connectivity index (χ0) is 21.1. The number of amides is 2. The highest BCUT2D eigenvalue weighted by Crippen LogP contribution is 2.30. The average molecular weight is 413 g/mol. The highest BCUT2D eigenvalue weighted by atomic mass is 16.6. The van der Waals surface area contributed by atoms with Crippen molar-refractivity contribution in [3.05, 3.63) is 12.0 Å². The molecule has 3 atom stereocenters. The maximum Gasteiger partial charge on any atom is 0.324 e. The molecule has 2 rings (SSSR count). The molecule has 1 fully saturated rings. The molecule has 0 N–H and O–H groups in total. The molecule has 0 bridgehead atoms. The van der Waals surface area contributed by atoms with E-state index < -0.39 is 0 Å². The molecule has 0 saturated carbocycles. The summed E-state index contributed by atoms with van der Waals surface area (Å²) in [6.45, 7) is 10.2. The van der Waals surface area contributed by atoms with Gasteiger partial charge in [0.2, 0.25) is 0 Å². The standard InChI is InChI=1S/C22H40N2O5/c1-5-8-13-26-17-19-21(28-15-10-7-3)20(27-14-9-6-2)18(16-29-19)24-12-11-23(4)22(24)25/h16,19-21H,5-15,17H2,1-4H3/t19-,20-,21+/m1/s1. The Morgan fingerprint density at radius 2 is 1.66 bits per heavy atom. The molecule has 2 aliphatic rings. The lowest BCUT2D eigenvalue weighted by Gasteiger charge is -2.40. The first-order valence-electron chi connectivity index (χ1n) is 11.3. The summed E-state index contributed by atoms with van der Waals surface area (Å²) in [5.74, 6) is 0. The van der Waals surface area contributed by atoms with Crippen molar-refractivity contribution in [3.8, 4) is 0 Å². The third-order valence-corrected chi connectivity index (χ3v) is 5.38. The maximum absolute atomic E-state index is 12.6. The smallest absolute Gasteiger partial charge is 0.324 e. The number of likely N-dealkylation sites (N-methyl/N-ethyl adjacent to an activating group) is 1. The molecule has 29 heavy (non-hydrogen) atoms. The largest absolute Gasteiger partial charge is 0.491 e. The van der Waals surface area contributed by atoms with E-state index in [1.165, 1.54) is 0 Å². The quantitative estimate of drug-likeness (QED) is 0.406. The summed E-state index contributed by atoms with van der Waals surface area (Å²) >= 11 is 0. The molecule has 2 amide bonds. The molecule has 1 saturated heterocycles. The van der Waals surface area contributed by atoms with Crippen LogP contribution >= 0.6 is 0 Å². The maximum atomic E-state index is 12.6. The Kier molecular flexibility index (Phi) is 10.8. The van der Waals surface area contributed by atoms with Crippen LogP contribution in [-0.2, 0) is 18.9 Å². The van der Waals surface area contributed by atoms with Crippen molar-refractivity contribution < 1.29 is 23.7 Å². The third-order valence-electron chi connectivity index (χ3n) is 5.38. The number of unbranched alkanes of at least 4 members (excludes halogenated alkanes) is 3. The fraction of sp³-hybridized carbons (Fsp3) is 0.864. The van der Waals surface area contributed by atoms with Crippen LogP contribution in [0.15, 0.2) is 12.0 Å². The SMILES string of the molecule is CCCCOC[C@H]1OC=C(N2CCN(C)C2=O)[C@@H](OCCCC)[C@H]1OCCCC. The zero-order valence-corrected chi connectivity index (χ0v) is 18.7. The van der Waals surface area contributed by atoms with Crippen molar-refractivity contribution in [3.63, 3.8) is 0 Å². The average Bonchev–Trinajstić information content (AvgIpc) is 3.05. The molecule has 0 aromatic carbocycles. The molecule has 0 unspecified atom stereocenters. The fourth-order valence-electron chi connectivity index (χ4n) is 3.44. The van der Waals surface area contributed by atoms with E-state index in [0.717, 1.165) is 44.2 Å². The van der Waals surface area contributed by atoms with Gasteiger partial charge >= 0.3 is 6.03 Å². The summed E-state index contributed by atoms with van der Waals surface area (Å²) in [4.78, 5) is 16.1. The minimum atomic E-state index is -0.331. The van der Waals surface area contributed by atoms with Crippen LogP contribution in [0.3, 0.4) is 0 Å². The van der Waals surface area contributed by atoms with Gasteiger partial charge in [-0.15, -0.1) is 0 Å². The second-order valence-corrected chi connectivity index (χ2v) is 7.84. The van der Waals surface area contributed by atoms with Crippen LogP contribution in [0, 0.1) is 0 Å². The van der Waals surface area contributed by atoms with Gasteiger partial charge in [0.15, 0.2) is 6.10 Å². The lowest BCUT2D eigenvalue weighted by molar-refractivity contribution is -0.149. The molecule has 7 heteroatoms. The molecule has 168 valence electrons. The summed E-state index contributed by atoms with van der Waals surface area (Å²) in [7, 11) is 1.82. The summed E-state index contributed by atoms with van der Waals surface area (Å²) < 4.78 is 24.4. The number of carbonyl (C=O) groups excluding carboxylic acids is 1. The van der Waals surface area contributed by atoms with Gasteiger partial charge in [-0.05, 0) is 19.3 Å². The predicted octanol–water partition coefficient (Wildman–Crippen LogP) is 3.78. The van der Waals surface area contributed by atoms with Crippen LogP contribution < -0.4 is 0 Å². The molecular weight excluding hydrogens is 372 g/mol. The molecule has 7 nitrogen and oxygen atoms in total. The van der Waals surface area contributed by atoms with Crippen molar-refractivity contribution in [1.29, 1.82) is 0 Å². The monoisotopic (exact) mass is 412 g/mol. The lowest BCUT2D eigenvalue weighted by atomic mass is 10.0. The van der Waals surface area contributed by atoms with Crippen molar-refractivity contribution >= 4 is 6.03 Å². The van der Waals surface area contributed by atoms with Crippen molar-refractivity contribution in [2.24, 2.45) is 0 Å². The van der Waals surface area contributed by atoms with Crippen LogP contribution in [-0.4, -0.2) is 80.7 Å². The van der Waals surface area contributed by atoms with E-state index in [1.54, 1.807) is 16.1 Å². The van der Waals surface area contributed by atoms with Gasteiger partial charge in [-0.25, -0.2) is 4.79 Å². The first kappa shape index (κ1) is 24.0. The topological polar surface area (TPSA) is 60.5 Å². The van der Waals surface area contributed by atoms with E-state index in [2.05, 4.69) is 20.8 Å². The van der Waals surface area contributed by atoms with Crippen LogP contribution in [0.4, 0.5) is 4.79 Å². The van der Waals surface area contributed by atoms with E-state index in [0.29, 0.717) is 39.5 Å².